The van der Waals surface area contributed by atoms with Gasteiger partial charge in [-0.3, -0.25) is 9.35 Å². The van der Waals surface area contributed by atoms with Crippen LogP contribution in [0.3, 0.4) is 0 Å². The van der Waals surface area contributed by atoms with Crippen LogP contribution in [-0.2, 0) is 21.4 Å². The van der Waals surface area contributed by atoms with Crippen molar-refractivity contribution >= 4 is 45.1 Å². The molecule has 38 heavy (non-hydrogen) atoms. The number of carbonyl (C=O) groups excluding carboxylic acids is 1. The quantitative estimate of drug-likeness (QED) is 0.220. The third-order valence-corrected chi connectivity index (χ3v) is 5.15. The van der Waals surface area contributed by atoms with E-state index in [1.165, 1.54) is 25.3 Å². The molecule has 0 bridgehead atoms. The first kappa shape index (κ1) is 28.1. The second-order valence-electron chi connectivity index (χ2n) is 7.61. The number of aryl methyl sites for hydroxylation is 2. The fourth-order valence-electron chi connectivity index (χ4n) is 3.09. The van der Waals surface area contributed by atoms with Crippen molar-refractivity contribution < 1.29 is 39.9 Å². The zero-order chi connectivity index (χ0) is 28.3. The second kappa shape index (κ2) is 10.9. The molecule has 0 aliphatic heterocycles. The Bertz CT molecular complexity index is 1500. The number of hydrogen-bond donors (Lipinski definition) is 4. The van der Waals surface area contributed by atoms with Gasteiger partial charge in [-0.15, -0.1) is 0 Å². The van der Waals surface area contributed by atoms with Crippen molar-refractivity contribution in [3.63, 3.8) is 0 Å². The molecule has 0 spiro atoms. The summed E-state index contributed by atoms with van der Waals surface area (Å²) >= 11 is 0. The number of benzene rings is 1. The van der Waals surface area contributed by atoms with Gasteiger partial charge in [0.25, 0.3) is 5.88 Å². The number of alkyl halides is 3. The summed E-state index contributed by atoms with van der Waals surface area (Å²) in [7, 11) is -3.89. The highest BCUT2D eigenvalue weighted by atomic mass is 32.3. The van der Waals surface area contributed by atoms with Crippen molar-refractivity contribution in [2.45, 2.75) is 20.0 Å². The molecule has 1 aromatic carbocycles. The average molecular weight is 555 g/mol. The third kappa shape index (κ3) is 6.86. The number of hydrogen-bond acceptors (Lipinski definition) is 10. The van der Waals surface area contributed by atoms with Gasteiger partial charge in [-0.25, -0.2) is 9.97 Å². The maximum Gasteiger partial charge on any atom is 0.446 e. The molecule has 2 aromatic heterocycles. The Hall–Kier alpha value is -4.44. The molecule has 0 fully saturated rings. The van der Waals surface area contributed by atoms with Crippen molar-refractivity contribution in [2.24, 2.45) is 0 Å². The highest BCUT2D eigenvalue weighted by Crippen LogP contribution is 2.40. The van der Waals surface area contributed by atoms with E-state index in [1.807, 2.05) is 0 Å². The molecule has 1 amide bonds. The molecule has 0 aliphatic rings. The normalized spacial score (nSPS) is 11.4. The smallest absolute Gasteiger partial charge is 0.446 e. The molecule has 202 valence electrons. The van der Waals surface area contributed by atoms with E-state index in [1.54, 1.807) is 13.0 Å². The van der Waals surface area contributed by atoms with Gasteiger partial charge < -0.3 is 24.9 Å². The number of nitrogens with zero attached hydrogens (tertiary/aromatic N) is 3. The van der Waals surface area contributed by atoms with Gasteiger partial charge in [0.05, 0.1) is 24.2 Å². The molecule has 3 aromatic rings. The zero-order valence-corrected chi connectivity index (χ0v) is 20.9. The number of carbonyl (C=O) groups is 1. The molecule has 0 aliphatic carbocycles. The van der Waals surface area contributed by atoms with Gasteiger partial charge >= 0.3 is 16.6 Å². The number of amides is 1. The highest BCUT2D eigenvalue weighted by molar-refractivity contribution is 7.81. The average Bonchev–Trinajstić information content (AvgIpc) is 2.81. The van der Waals surface area contributed by atoms with E-state index in [4.69, 9.17) is 9.29 Å². The van der Waals surface area contributed by atoms with Gasteiger partial charge in [0.1, 0.15) is 11.4 Å². The maximum atomic E-state index is 13.8. The van der Waals surface area contributed by atoms with E-state index in [0.29, 0.717) is 11.8 Å². The van der Waals surface area contributed by atoms with Crippen LogP contribution < -0.4 is 24.9 Å². The molecular formula is C22H21F3N6O6S. The fraction of sp³-hybridized carbons (Fsp3) is 0.182. The van der Waals surface area contributed by atoms with Crippen LogP contribution >= 0.6 is 0 Å². The summed E-state index contributed by atoms with van der Waals surface area (Å²) in [5, 5.41) is 7.64. The van der Waals surface area contributed by atoms with E-state index in [-0.39, 0.29) is 28.5 Å². The van der Waals surface area contributed by atoms with Crippen molar-refractivity contribution in [1.82, 2.24) is 15.0 Å². The molecule has 3 rings (SSSR count). The molecule has 0 saturated carbocycles. The van der Waals surface area contributed by atoms with E-state index in [9.17, 15) is 26.4 Å². The molecule has 2 heterocycles. The van der Waals surface area contributed by atoms with Crippen molar-refractivity contribution in [2.75, 3.05) is 23.1 Å². The summed E-state index contributed by atoms with van der Waals surface area (Å²) in [4.78, 5) is 23.3. The molecule has 0 unspecified atom stereocenters. The van der Waals surface area contributed by atoms with Crippen LogP contribution in [-0.4, -0.2) is 40.9 Å². The SMILES string of the molecule is C=CC(=O)Nc1cc(C)ccc1Nc1nc(Nc2c(C)cnc(OC)c2OS(=O)(=O)O)ncc1C(F)(F)F. The van der Waals surface area contributed by atoms with E-state index < -0.39 is 45.6 Å². The van der Waals surface area contributed by atoms with Crippen molar-refractivity contribution in [1.29, 1.82) is 0 Å². The van der Waals surface area contributed by atoms with Gasteiger partial charge in [-0.1, -0.05) is 12.6 Å². The van der Waals surface area contributed by atoms with Gasteiger partial charge in [0.2, 0.25) is 17.6 Å². The van der Waals surface area contributed by atoms with Gasteiger partial charge in [-0.05, 0) is 43.2 Å². The summed E-state index contributed by atoms with van der Waals surface area (Å²) in [6, 6.07) is 4.58. The Labute approximate surface area is 214 Å². The predicted octanol–water partition coefficient (Wildman–Crippen LogP) is 4.31. The van der Waals surface area contributed by atoms with Crippen molar-refractivity contribution in [3.8, 4) is 11.6 Å². The standard InChI is InChI=1S/C22H21F3N6O6S/c1-5-16(32)28-15-8-11(2)6-7-14(15)29-19-13(22(23,24)25)10-27-21(31-19)30-17-12(3)9-26-20(36-4)18(17)37-38(33,34)35/h5-10H,1H2,2-4H3,(H,28,32)(H,33,34,35)(H2,26,27,29,30,31). The molecule has 16 heteroatoms. The summed E-state index contributed by atoms with van der Waals surface area (Å²) < 4.78 is 82.8. The topological polar surface area (TPSA) is 165 Å². The maximum absolute atomic E-state index is 13.8. The summed E-state index contributed by atoms with van der Waals surface area (Å²) in [6.07, 6.45) is -2.12. The number of rotatable bonds is 9. The van der Waals surface area contributed by atoms with E-state index in [2.05, 4.69) is 41.7 Å². The van der Waals surface area contributed by atoms with E-state index >= 15 is 0 Å². The molecule has 0 saturated heterocycles. The minimum Gasteiger partial charge on any atom is -0.478 e. The van der Waals surface area contributed by atoms with E-state index in [0.717, 1.165) is 13.2 Å². The number of anilines is 5. The molecule has 12 nitrogen and oxygen atoms in total. The number of methoxy groups -OCH3 is 1. The number of ether oxygens (including phenoxy) is 1. The Kier molecular flexibility index (Phi) is 8.07. The van der Waals surface area contributed by atoms with Crippen LogP contribution in [0, 0.1) is 13.8 Å². The number of nitrogens with one attached hydrogen (secondary N) is 3. The lowest BCUT2D eigenvalue weighted by atomic mass is 10.1. The lowest BCUT2D eigenvalue weighted by molar-refractivity contribution is -0.137. The lowest BCUT2D eigenvalue weighted by Gasteiger charge is -2.18. The van der Waals surface area contributed by atoms with Crippen LogP contribution in [0.4, 0.5) is 42.0 Å². The number of aromatic nitrogens is 3. The number of halogens is 3. The van der Waals surface area contributed by atoms with Crippen molar-refractivity contribution in [3.05, 3.63) is 59.9 Å². The minimum absolute atomic E-state index is 0.0816. The van der Waals surface area contributed by atoms with Gasteiger partial charge in [0.15, 0.2) is 0 Å². The Morgan fingerprint density at radius 2 is 1.84 bits per heavy atom. The molecule has 4 N–H and O–H groups in total. The predicted molar refractivity (Wildman–Crippen MR) is 131 cm³/mol. The largest absolute Gasteiger partial charge is 0.478 e. The molecular weight excluding hydrogens is 533 g/mol. The molecule has 0 atom stereocenters. The monoisotopic (exact) mass is 554 g/mol. The van der Waals surface area contributed by atoms with Gasteiger partial charge in [0, 0.05) is 12.4 Å². The number of pyridine rings is 1. The zero-order valence-electron chi connectivity index (χ0n) is 20.0. The summed E-state index contributed by atoms with van der Waals surface area (Å²) in [5.41, 5.74) is -0.190. The second-order valence-corrected chi connectivity index (χ2v) is 8.63. The van der Waals surface area contributed by atoms with Crippen LogP contribution in [0.2, 0.25) is 0 Å². The summed E-state index contributed by atoms with van der Waals surface area (Å²) in [5.74, 6) is -2.64. The first-order chi connectivity index (χ1) is 17.7. The first-order valence-electron chi connectivity index (χ1n) is 10.4. The van der Waals surface area contributed by atoms with Crippen LogP contribution in [0.25, 0.3) is 0 Å². The lowest BCUT2D eigenvalue weighted by Crippen LogP contribution is -2.15. The Morgan fingerprint density at radius 1 is 1.13 bits per heavy atom. The van der Waals surface area contributed by atoms with Gasteiger partial charge in [-0.2, -0.15) is 26.6 Å². The Morgan fingerprint density at radius 3 is 2.45 bits per heavy atom. The summed E-state index contributed by atoms with van der Waals surface area (Å²) in [6.45, 7) is 6.54. The fourth-order valence-corrected chi connectivity index (χ4v) is 3.45. The third-order valence-electron chi connectivity index (χ3n) is 4.78. The first-order valence-corrected chi connectivity index (χ1v) is 11.8. The van der Waals surface area contributed by atoms with Crippen LogP contribution in [0.15, 0.2) is 43.2 Å². The van der Waals surface area contributed by atoms with Crippen LogP contribution in [0.1, 0.15) is 16.7 Å². The minimum atomic E-state index is -5.04. The van der Waals surface area contributed by atoms with Crippen LogP contribution in [0.5, 0.6) is 11.6 Å². The highest BCUT2D eigenvalue weighted by Gasteiger charge is 2.36. The Balaban J connectivity index is 2.11. The molecule has 0 radical (unpaired) electrons.